The first-order valence-corrected chi connectivity index (χ1v) is 8.35. The molecule has 0 radical (unpaired) electrons. The minimum absolute atomic E-state index is 0.817. The number of ether oxygens (including phenoxy) is 1. The van der Waals surface area contributed by atoms with Gasteiger partial charge in [-0.3, -0.25) is 4.90 Å². The number of fused-ring (bicyclic) bond motifs is 1. The predicted molar refractivity (Wildman–Crippen MR) is 91.6 cm³/mol. The Hall–Kier alpha value is -1.78. The number of rotatable bonds is 8. The summed E-state index contributed by atoms with van der Waals surface area (Å²) < 4.78 is 11.1. The van der Waals surface area contributed by atoms with Gasteiger partial charge in [-0.05, 0) is 56.4 Å². The van der Waals surface area contributed by atoms with E-state index in [9.17, 15) is 0 Å². The molecule has 4 heteroatoms. The highest BCUT2D eigenvalue weighted by atomic mass is 16.5. The molecule has 124 valence electrons. The first-order chi connectivity index (χ1) is 11.2. The number of hydrogen-bond donors (Lipinski definition) is 0. The summed E-state index contributed by atoms with van der Waals surface area (Å²) in [5.74, 6) is 2.08. The van der Waals surface area contributed by atoms with Gasteiger partial charge in [0.15, 0.2) is 0 Å². The van der Waals surface area contributed by atoms with E-state index in [1.54, 1.807) is 6.26 Å². The van der Waals surface area contributed by atoms with E-state index in [1.807, 2.05) is 6.07 Å². The lowest BCUT2D eigenvalue weighted by atomic mass is 10.1. The van der Waals surface area contributed by atoms with Gasteiger partial charge in [-0.25, -0.2) is 0 Å². The zero-order valence-electron chi connectivity index (χ0n) is 14.1. The molecule has 23 heavy (non-hydrogen) atoms. The van der Waals surface area contributed by atoms with Crippen molar-refractivity contribution in [3.05, 3.63) is 53.5 Å². The molecule has 0 spiro atoms. The average Bonchev–Trinajstić information content (AvgIpc) is 3.17. The van der Waals surface area contributed by atoms with Crippen LogP contribution < -0.4 is 4.74 Å². The van der Waals surface area contributed by atoms with Crippen LogP contribution in [0.25, 0.3) is 0 Å². The van der Waals surface area contributed by atoms with Crippen molar-refractivity contribution in [2.75, 3.05) is 33.8 Å². The minimum Gasteiger partial charge on any atom is -0.493 e. The van der Waals surface area contributed by atoms with Crippen molar-refractivity contribution in [2.45, 2.75) is 25.9 Å². The molecule has 0 saturated carbocycles. The fraction of sp³-hybridized carbons (Fsp3) is 0.474. The van der Waals surface area contributed by atoms with Crippen LogP contribution in [0.1, 0.15) is 23.3 Å². The van der Waals surface area contributed by atoms with Crippen LogP contribution >= 0.6 is 0 Å². The van der Waals surface area contributed by atoms with Crippen molar-refractivity contribution in [1.82, 2.24) is 9.80 Å². The summed E-state index contributed by atoms with van der Waals surface area (Å²) in [5, 5.41) is 0. The number of furan rings is 1. The van der Waals surface area contributed by atoms with E-state index in [0.717, 1.165) is 57.1 Å². The number of nitrogens with zero attached hydrogens (tertiary/aromatic N) is 2. The van der Waals surface area contributed by atoms with Crippen molar-refractivity contribution in [2.24, 2.45) is 0 Å². The van der Waals surface area contributed by atoms with E-state index in [-0.39, 0.29) is 0 Å². The first-order valence-electron chi connectivity index (χ1n) is 8.35. The molecule has 0 atom stereocenters. The standard InChI is InChI=1S/C19H26N2O2/c1-20(2)9-4-10-21(15-18-5-3-11-22-18)14-16-6-7-19-17(13-16)8-12-23-19/h3,5-7,11,13H,4,8-10,12,14-15H2,1-2H3. The third kappa shape index (κ3) is 4.60. The molecule has 2 heterocycles. The molecule has 0 N–H and O–H groups in total. The Balaban J connectivity index is 1.64. The summed E-state index contributed by atoms with van der Waals surface area (Å²) in [4.78, 5) is 4.69. The molecule has 0 fully saturated rings. The molecular weight excluding hydrogens is 288 g/mol. The lowest BCUT2D eigenvalue weighted by Crippen LogP contribution is -2.26. The molecule has 1 aliphatic heterocycles. The Morgan fingerprint density at radius 2 is 2.00 bits per heavy atom. The monoisotopic (exact) mass is 314 g/mol. The average molecular weight is 314 g/mol. The number of benzene rings is 1. The van der Waals surface area contributed by atoms with E-state index >= 15 is 0 Å². The Morgan fingerprint density at radius 3 is 2.78 bits per heavy atom. The molecule has 2 aromatic rings. The lowest BCUT2D eigenvalue weighted by Gasteiger charge is -2.22. The molecule has 0 unspecified atom stereocenters. The van der Waals surface area contributed by atoms with Gasteiger partial charge in [0.1, 0.15) is 11.5 Å². The van der Waals surface area contributed by atoms with Gasteiger partial charge in [0.2, 0.25) is 0 Å². The molecule has 0 amide bonds. The SMILES string of the molecule is CN(C)CCCN(Cc1ccc2c(c1)CCO2)Cc1ccco1. The number of hydrogen-bond acceptors (Lipinski definition) is 4. The molecule has 1 aromatic heterocycles. The Kier molecular flexibility index (Phi) is 5.36. The Bertz CT molecular complexity index is 608. The smallest absolute Gasteiger partial charge is 0.122 e. The summed E-state index contributed by atoms with van der Waals surface area (Å²) in [6, 6.07) is 10.6. The largest absolute Gasteiger partial charge is 0.493 e. The van der Waals surface area contributed by atoms with Crippen molar-refractivity contribution in [3.8, 4) is 5.75 Å². The van der Waals surface area contributed by atoms with E-state index in [2.05, 4.69) is 48.2 Å². The van der Waals surface area contributed by atoms with Crippen LogP contribution in [0.2, 0.25) is 0 Å². The normalized spacial score (nSPS) is 13.6. The van der Waals surface area contributed by atoms with E-state index < -0.39 is 0 Å². The van der Waals surface area contributed by atoms with Gasteiger partial charge < -0.3 is 14.1 Å². The van der Waals surface area contributed by atoms with Crippen molar-refractivity contribution in [1.29, 1.82) is 0 Å². The minimum atomic E-state index is 0.817. The second-order valence-electron chi connectivity index (χ2n) is 6.49. The van der Waals surface area contributed by atoms with Crippen molar-refractivity contribution < 1.29 is 9.15 Å². The van der Waals surface area contributed by atoms with Gasteiger partial charge in [0.05, 0.1) is 19.4 Å². The summed E-state index contributed by atoms with van der Waals surface area (Å²) in [6.45, 7) is 4.78. The highest BCUT2D eigenvalue weighted by Crippen LogP contribution is 2.26. The van der Waals surface area contributed by atoms with Crippen LogP contribution in [0.4, 0.5) is 0 Å². The maximum Gasteiger partial charge on any atom is 0.122 e. The zero-order valence-corrected chi connectivity index (χ0v) is 14.1. The van der Waals surface area contributed by atoms with Crippen molar-refractivity contribution in [3.63, 3.8) is 0 Å². The second kappa shape index (κ2) is 7.66. The molecular formula is C19H26N2O2. The van der Waals surface area contributed by atoms with Gasteiger partial charge >= 0.3 is 0 Å². The predicted octanol–water partition coefficient (Wildman–Crippen LogP) is 3.17. The van der Waals surface area contributed by atoms with Gasteiger partial charge in [-0.2, -0.15) is 0 Å². The van der Waals surface area contributed by atoms with Crippen LogP contribution in [-0.2, 0) is 19.5 Å². The topological polar surface area (TPSA) is 28.9 Å². The Labute approximate surface area is 138 Å². The molecule has 4 nitrogen and oxygen atoms in total. The maximum atomic E-state index is 5.60. The molecule has 1 aromatic carbocycles. The third-order valence-electron chi connectivity index (χ3n) is 4.20. The molecule has 0 saturated heterocycles. The highest BCUT2D eigenvalue weighted by Gasteiger charge is 2.14. The van der Waals surface area contributed by atoms with Gasteiger partial charge in [-0.1, -0.05) is 12.1 Å². The maximum absolute atomic E-state index is 5.60. The summed E-state index contributed by atoms with van der Waals surface area (Å²) in [6.07, 6.45) is 3.93. The lowest BCUT2D eigenvalue weighted by molar-refractivity contribution is 0.222. The third-order valence-corrected chi connectivity index (χ3v) is 4.20. The van der Waals surface area contributed by atoms with Crippen molar-refractivity contribution >= 4 is 0 Å². The van der Waals surface area contributed by atoms with Crippen LogP contribution in [0.5, 0.6) is 5.75 Å². The van der Waals surface area contributed by atoms with E-state index in [4.69, 9.17) is 9.15 Å². The van der Waals surface area contributed by atoms with Gasteiger partial charge in [-0.15, -0.1) is 0 Å². The quantitative estimate of drug-likeness (QED) is 0.748. The summed E-state index contributed by atoms with van der Waals surface area (Å²) in [5.41, 5.74) is 2.69. The summed E-state index contributed by atoms with van der Waals surface area (Å²) >= 11 is 0. The van der Waals surface area contributed by atoms with Crippen LogP contribution in [0.15, 0.2) is 41.0 Å². The Morgan fingerprint density at radius 1 is 1.09 bits per heavy atom. The first kappa shape index (κ1) is 16.1. The molecule has 3 rings (SSSR count). The zero-order chi connectivity index (χ0) is 16.1. The van der Waals surface area contributed by atoms with E-state index in [1.165, 1.54) is 11.1 Å². The highest BCUT2D eigenvalue weighted by molar-refractivity contribution is 5.39. The van der Waals surface area contributed by atoms with Crippen LogP contribution in [0, 0.1) is 0 Å². The van der Waals surface area contributed by atoms with Crippen LogP contribution in [0.3, 0.4) is 0 Å². The van der Waals surface area contributed by atoms with Crippen LogP contribution in [-0.4, -0.2) is 43.6 Å². The van der Waals surface area contributed by atoms with Gasteiger partial charge in [0, 0.05) is 19.5 Å². The molecule has 0 bridgehead atoms. The van der Waals surface area contributed by atoms with E-state index in [0.29, 0.717) is 0 Å². The fourth-order valence-electron chi connectivity index (χ4n) is 3.04. The summed E-state index contributed by atoms with van der Waals surface area (Å²) in [7, 11) is 4.24. The second-order valence-corrected chi connectivity index (χ2v) is 6.49. The molecule has 0 aliphatic carbocycles. The molecule has 1 aliphatic rings. The van der Waals surface area contributed by atoms with Gasteiger partial charge in [0.25, 0.3) is 0 Å². The fourth-order valence-corrected chi connectivity index (χ4v) is 3.04.